The van der Waals surface area contributed by atoms with Crippen molar-refractivity contribution in [3.05, 3.63) is 0 Å². The van der Waals surface area contributed by atoms with Crippen LogP contribution in [-0.2, 0) is 0 Å². The largest absolute Gasteiger partial charge is 0.329 e. The van der Waals surface area contributed by atoms with Crippen molar-refractivity contribution in [1.82, 2.24) is 5.32 Å². The van der Waals surface area contributed by atoms with E-state index in [4.69, 9.17) is 11.5 Å². The maximum atomic E-state index is 5.61. The predicted molar refractivity (Wildman–Crippen MR) is 42.7 cm³/mol. The maximum absolute atomic E-state index is 5.61. The quantitative estimate of drug-likeness (QED) is 0.493. The summed E-state index contributed by atoms with van der Waals surface area (Å²) < 4.78 is 0. The van der Waals surface area contributed by atoms with Crippen LogP contribution in [0.4, 0.5) is 0 Å². The predicted octanol–water partition coefficient (Wildman–Crippen LogP) is -0.585. The molecule has 10 heavy (non-hydrogen) atoms. The fourth-order valence-corrected chi connectivity index (χ4v) is 1.01. The lowest BCUT2D eigenvalue weighted by atomic mass is 9.93. The van der Waals surface area contributed by atoms with Crippen LogP contribution in [0.15, 0.2) is 0 Å². The third-order valence-corrected chi connectivity index (χ3v) is 2.08. The fraction of sp³-hybridized carbons (Fsp3) is 1.00. The number of rotatable bonds is 4. The molecule has 3 nitrogen and oxygen atoms in total. The summed E-state index contributed by atoms with van der Waals surface area (Å²) in [5, 5.41) is 3.36. The molecule has 0 bridgehead atoms. The van der Waals surface area contributed by atoms with Gasteiger partial charge in [0.2, 0.25) is 0 Å². The zero-order valence-electron chi connectivity index (χ0n) is 6.34. The van der Waals surface area contributed by atoms with Crippen LogP contribution >= 0.6 is 0 Å². The molecule has 1 rings (SSSR count). The third kappa shape index (κ3) is 2.25. The highest BCUT2D eigenvalue weighted by Gasteiger charge is 2.16. The molecule has 1 aliphatic carbocycles. The summed E-state index contributed by atoms with van der Waals surface area (Å²) >= 11 is 0. The van der Waals surface area contributed by atoms with Crippen molar-refractivity contribution in [2.24, 2.45) is 11.5 Å². The molecule has 1 atom stereocenters. The van der Waals surface area contributed by atoms with Gasteiger partial charge in [0, 0.05) is 25.2 Å². The molecule has 1 saturated carbocycles. The number of hydrogen-bond donors (Lipinski definition) is 3. The van der Waals surface area contributed by atoms with E-state index >= 15 is 0 Å². The molecule has 0 aromatic heterocycles. The highest BCUT2D eigenvalue weighted by Crippen LogP contribution is 2.17. The molecule has 3 heteroatoms. The van der Waals surface area contributed by atoms with Crippen LogP contribution in [0.3, 0.4) is 0 Å². The second kappa shape index (κ2) is 3.91. The van der Waals surface area contributed by atoms with Gasteiger partial charge in [-0.2, -0.15) is 0 Å². The van der Waals surface area contributed by atoms with Gasteiger partial charge < -0.3 is 16.8 Å². The van der Waals surface area contributed by atoms with Crippen molar-refractivity contribution in [2.45, 2.75) is 31.3 Å². The van der Waals surface area contributed by atoms with Crippen LogP contribution in [0, 0.1) is 0 Å². The minimum Gasteiger partial charge on any atom is -0.329 e. The summed E-state index contributed by atoms with van der Waals surface area (Å²) in [5.41, 5.74) is 11.0. The van der Waals surface area contributed by atoms with Gasteiger partial charge in [-0.25, -0.2) is 0 Å². The number of nitrogens with one attached hydrogen (secondary N) is 1. The van der Waals surface area contributed by atoms with Crippen LogP contribution in [0.2, 0.25) is 0 Å². The summed E-state index contributed by atoms with van der Waals surface area (Å²) in [4.78, 5) is 0. The molecule has 0 amide bonds. The monoisotopic (exact) mass is 143 g/mol. The fourth-order valence-electron chi connectivity index (χ4n) is 1.01. The molecule has 0 heterocycles. The van der Waals surface area contributed by atoms with Crippen molar-refractivity contribution in [2.75, 3.05) is 13.1 Å². The Labute approximate surface area is 62.2 Å². The molecule has 0 aliphatic heterocycles. The SMILES string of the molecule is NCC(N)CNC1CCC1. The van der Waals surface area contributed by atoms with E-state index in [9.17, 15) is 0 Å². The van der Waals surface area contributed by atoms with E-state index in [1.807, 2.05) is 0 Å². The van der Waals surface area contributed by atoms with Crippen molar-refractivity contribution in [3.8, 4) is 0 Å². The molecule has 0 saturated heterocycles. The van der Waals surface area contributed by atoms with Gasteiger partial charge in [0.25, 0.3) is 0 Å². The Morgan fingerprint density at radius 2 is 2.20 bits per heavy atom. The second-order valence-electron chi connectivity index (χ2n) is 3.03. The highest BCUT2D eigenvalue weighted by atomic mass is 15.0. The van der Waals surface area contributed by atoms with Crippen molar-refractivity contribution >= 4 is 0 Å². The number of nitrogens with two attached hydrogens (primary N) is 2. The first-order chi connectivity index (χ1) is 4.83. The lowest BCUT2D eigenvalue weighted by Crippen LogP contribution is -2.45. The Morgan fingerprint density at radius 1 is 1.50 bits per heavy atom. The molecule has 0 aromatic carbocycles. The second-order valence-corrected chi connectivity index (χ2v) is 3.03. The topological polar surface area (TPSA) is 64.1 Å². The Kier molecular flexibility index (Phi) is 3.12. The van der Waals surface area contributed by atoms with Crippen LogP contribution in [0.25, 0.3) is 0 Å². The normalized spacial score (nSPS) is 22.2. The zero-order chi connectivity index (χ0) is 7.40. The molecule has 1 unspecified atom stereocenters. The molecule has 5 N–H and O–H groups in total. The molecule has 1 aliphatic rings. The van der Waals surface area contributed by atoms with E-state index in [2.05, 4.69) is 5.32 Å². The van der Waals surface area contributed by atoms with Gasteiger partial charge >= 0.3 is 0 Å². The van der Waals surface area contributed by atoms with Gasteiger partial charge in [-0.1, -0.05) is 6.42 Å². The van der Waals surface area contributed by atoms with Crippen LogP contribution in [0.5, 0.6) is 0 Å². The van der Waals surface area contributed by atoms with Crippen molar-refractivity contribution < 1.29 is 0 Å². The average Bonchev–Trinajstić information content (AvgIpc) is 1.84. The first kappa shape index (κ1) is 7.98. The van der Waals surface area contributed by atoms with Crippen LogP contribution < -0.4 is 16.8 Å². The van der Waals surface area contributed by atoms with Crippen LogP contribution in [0.1, 0.15) is 19.3 Å². The van der Waals surface area contributed by atoms with E-state index in [0.29, 0.717) is 6.54 Å². The molecule has 0 aromatic rings. The molecule has 60 valence electrons. The van der Waals surface area contributed by atoms with Gasteiger partial charge in [-0.3, -0.25) is 0 Å². The first-order valence-corrected chi connectivity index (χ1v) is 4.02. The Morgan fingerprint density at radius 3 is 2.60 bits per heavy atom. The summed E-state index contributed by atoms with van der Waals surface area (Å²) in [6.45, 7) is 1.46. The number of hydrogen-bond acceptors (Lipinski definition) is 3. The lowest BCUT2D eigenvalue weighted by Gasteiger charge is -2.27. The smallest absolute Gasteiger partial charge is 0.0290 e. The third-order valence-electron chi connectivity index (χ3n) is 2.08. The molecule has 1 fully saturated rings. The Balaban J connectivity index is 1.93. The maximum Gasteiger partial charge on any atom is 0.0290 e. The summed E-state index contributed by atoms with van der Waals surface area (Å²) in [6, 6.07) is 0.873. The zero-order valence-corrected chi connectivity index (χ0v) is 6.34. The van der Waals surface area contributed by atoms with Gasteiger partial charge in [-0.05, 0) is 12.8 Å². The Hall–Kier alpha value is -0.120. The van der Waals surface area contributed by atoms with Gasteiger partial charge in [-0.15, -0.1) is 0 Å². The van der Waals surface area contributed by atoms with E-state index in [1.165, 1.54) is 19.3 Å². The van der Waals surface area contributed by atoms with Gasteiger partial charge in [0.15, 0.2) is 0 Å². The summed E-state index contributed by atoms with van der Waals surface area (Å²) in [5.74, 6) is 0. The first-order valence-electron chi connectivity index (χ1n) is 4.02. The average molecular weight is 143 g/mol. The van der Waals surface area contributed by atoms with Crippen molar-refractivity contribution in [3.63, 3.8) is 0 Å². The van der Waals surface area contributed by atoms with Crippen molar-refractivity contribution in [1.29, 1.82) is 0 Å². The lowest BCUT2D eigenvalue weighted by molar-refractivity contribution is 0.332. The molecular formula is C7H17N3. The minimum atomic E-state index is 0.139. The molecule has 0 radical (unpaired) electrons. The summed E-state index contributed by atoms with van der Waals surface area (Å²) in [7, 11) is 0. The highest BCUT2D eigenvalue weighted by molar-refractivity contribution is 4.78. The minimum absolute atomic E-state index is 0.139. The van der Waals surface area contributed by atoms with E-state index in [1.54, 1.807) is 0 Å². The molecular weight excluding hydrogens is 126 g/mol. The summed E-state index contributed by atoms with van der Waals surface area (Å²) in [6.07, 6.45) is 4.00. The van der Waals surface area contributed by atoms with E-state index < -0.39 is 0 Å². The van der Waals surface area contributed by atoms with Crippen LogP contribution in [-0.4, -0.2) is 25.2 Å². The van der Waals surface area contributed by atoms with E-state index in [-0.39, 0.29) is 6.04 Å². The Bertz CT molecular complexity index is 86.1. The van der Waals surface area contributed by atoms with Gasteiger partial charge in [0.05, 0.1) is 0 Å². The van der Waals surface area contributed by atoms with Gasteiger partial charge in [0.1, 0.15) is 0 Å². The standard InChI is InChI=1S/C7H17N3/c8-4-6(9)5-10-7-2-1-3-7/h6-7,10H,1-5,8-9H2. The molecule has 0 spiro atoms. The van der Waals surface area contributed by atoms with E-state index in [0.717, 1.165) is 12.6 Å².